The number of carbonyl (C=O) groups is 3. The Morgan fingerprint density at radius 2 is 1.87 bits per heavy atom. The first-order valence-electron chi connectivity index (χ1n) is 16.4. The highest BCUT2D eigenvalue weighted by Gasteiger charge is 2.42. The smallest absolute Gasteiger partial charge is 0.410 e. The third kappa shape index (κ3) is 7.92. The lowest BCUT2D eigenvalue weighted by Gasteiger charge is -2.47. The summed E-state index contributed by atoms with van der Waals surface area (Å²) in [6.07, 6.45) is 2.18. The van der Waals surface area contributed by atoms with Crippen LogP contribution in [0.3, 0.4) is 0 Å². The van der Waals surface area contributed by atoms with E-state index >= 15 is 0 Å². The molecule has 0 aliphatic carbocycles. The summed E-state index contributed by atoms with van der Waals surface area (Å²) < 4.78 is 39.3. The number of halogens is 2. The molecule has 3 atom stereocenters. The Hall–Kier alpha value is -3.64. The zero-order chi connectivity index (χ0) is 34.3. The molecule has 0 spiro atoms. The van der Waals surface area contributed by atoms with Gasteiger partial charge in [-0.25, -0.2) is 13.6 Å². The minimum atomic E-state index is -0.667. The molecule has 5 rings (SSSR count). The highest BCUT2D eigenvalue weighted by atomic mass is 19.1. The highest BCUT2D eigenvalue weighted by Crippen LogP contribution is 2.41. The summed E-state index contributed by atoms with van der Waals surface area (Å²) >= 11 is 0. The predicted octanol–water partition coefficient (Wildman–Crippen LogP) is 4.52. The highest BCUT2D eigenvalue weighted by molar-refractivity contribution is 5.97. The molecule has 0 radical (unpaired) electrons. The second-order valence-electron chi connectivity index (χ2n) is 14.7. The fourth-order valence-corrected chi connectivity index (χ4v) is 6.65. The van der Waals surface area contributed by atoms with Crippen molar-refractivity contribution in [3.8, 4) is 0 Å². The molecule has 0 N–H and O–H groups in total. The molecule has 1 unspecified atom stereocenters. The van der Waals surface area contributed by atoms with E-state index < -0.39 is 23.3 Å². The van der Waals surface area contributed by atoms with E-state index in [-0.39, 0.29) is 55.0 Å². The number of carbonyl (C=O) groups excluding carboxylic acids is 3. The number of benzene rings is 1. The molecular formula is C35H47F2N5O5. The lowest BCUT2D eigenvalue weighted by molar-refractivity contribution is -0.150. The first-order valence-corrected chi connectivity index (χ1v) is 16.4. The third-order valence-electron chi connectivity index (χ3n) is 9.23. The van der Waals surface area contributed by atoms with E-state index in [0.717, 1.165) is 23.7 Å². The fourth-order valence-electron chi connectivity index (χ4n) is 6.65. The monoisotopic (exact) mass is 655 g/mol. The van der Waals surface area contributed by atoms with Gasteiger partial charge in [0, 0.05) is 80.2 Å². The van der Waals surface area contributed by atoms with Gasteiger partial charge >= 0.3 is 6.09 Å². The van der Waals surface area contributed by atoms with E-state index in [4.69, 9.17) is 9.47 Å². The topological polar surface area (TPSA) is 95.5 Å². The average molecular weight is 656 g/mol. The standard InChI is InChI=1S/C35H47F2N5O5/c1-8-27-18-40(32(44)20-46-27)16-26-17-41(33(45)47-34(3,4)5)22(2)15-39(26)19-31(43)42-21-35(6,7)28-14-38-25(13-30(28)42)11-23-9-10-24(36)12-29(23)37/h9-10,12-14,22,26-27H,8,11,15-21H2,1-7H3/t22-,26+,27?/m1/s1. The Balaban J connectivity index is 1.38. The van der Waals surface area contributed by atoms with Crippen LogP contribution in [0.1, 0.15) is 71.7 Å². The van der Waals surface area contributed by atoms with E-state index in [1.807, 2.05) is 40.7 Å². The number of morpholine rings is 1. The number of amides is 3. The van der Waals surface area contributed by atoms with Crippen LogP contribution in [-0.4, -0.2) is 107 Å². The van der Waals surface area contributed by atoms with Gasteiger partial charge in [-0.05, 0) is 51.8 Å². The van der Waals surface area contributed by atoms with Gasteiger partial charge in [0.15, 0.2) is 0 Å². The minimum absolute atomic E-state index is 0.00811. The molecule has 1 aromatic heterocycles. The molecule has 256 valence electrons. The van der Waals surface area contributed by atoms with Gasteiger partial charge in [0.25, 0.3) is 0 Å². The second kappa shape index (κ2) is 13.5. The second-order valence-corrected chi connectivity index (χ2v) is 14.7. The van der Waals surface area contributed by atoms with Crippen molar-refractivity contribution < 1.29 is 32.6 Å². The van der Waals surface area contributed by atoms with Gasteiger partial charge in [0.2, 0.25) is 11.8 Å². The van der Waals surface area contributed by atoms with Gasteiger partial charge in [0.05, 0.1) is 18.3 Å². The normalized spacial score (nSPS) is 23.2. The third-order valence-corrected chi connectivity index (χ3v) is 9.23. The van der Waals surface area contributed by atoms with Crippen molar-refractivity contribution in [2.45, 2.75) is 90.5 Å². The number of aromatic nitrogens is 1. The summed E-state index contributed by atoms with van der Waals surface area (Å²) in [5.41, 5.74) is 1.49. The van der Waals surface area contributed by atoms with Gasteiger partial charge in [0.1, 0.15) is 23.8 Å². The molecule has 47 heavy (non-hydrogen) atoms. The summed E-state index contributed by atoms with van der Waals surface area (Å²) in [7, 11) is 0. The van der Waals surface area contributed by atoms with Crippen LogP contribution < -0.4 is 4.90 Å². The van der Waals surface area contributed by atoms with Crippen LogP contribution in [0.2, 0.25) is 0 Å². The number of hydrogen-bond acceptors (Lipinski definition) is 7. The minimum Gasteiger partial charge on any atom is -0.444 e. The van der Waals surface area contributed by atoms with Crippen molar-refractivity contribution in [2.75, 3.05) is 50.8 Å². The van der Waals surface area contributed by atoms with E-state index in [2.05, 4.69) is 23.7 Å². The van der Waals surface area contributed by atoms with Gasteiger partial charge in [-0.15, -0.1) is 0 Å². The lowest BCUT2D eigenvalue weighted by Crippen LogP contribution is -2.64. The first kappa shape index (κ1) is 34.7. The van der Waals surface area contributed by atoms with Crippen LogP contribution in [0.25, 0.3) is 0 Å². The zero-order valence-electron chi connectivity index (χ0n) is 28.5. The van der Waals surface area contributed by atoms with Gasteiger partial charge in [-0.1, -0.05) is 26.8 Å². The number of hydrogen-bond donors (Lipinski definition) is 0. The van der Waals surface area contributed by atoms with Crippen molar-refractivity contribution >= 4 is 23.6 Å². The number of rotatable bonds is 7. The van der Waals surface area contributed by atoms with E-state index in [1.54, 1.807) is 20.9 Å². The summed E-state index contributed by atoms with van der Waals surface area (Å²) in [5, 5.41) is 0. The molecule has 2 aromatic rings. The number of ether oxygens (including phenoxy) is 2. The van der Waals surface area contributed by atoms with E-state index in [0.29, 0.717) is 44.0 Å². The maximum Gasteiger partial charge on any atom is 0.410 e. The summed E-state index contributed by atoms with van der Waals surface area (Å²) in [6.45, 7) is 15.6. The zero-order valence-corrected chi connectivity index (χ0v) is 28.5. The average Bonchev–Trinajstić information content (AvgIpc) is 3.25. The van der Waals surface area contributed by atoms with Crippen LogP contribution in [0, 0.1) is 11.6 Å². The Morgan fingerprint density at radius 3 is 2.55 bits per heavy atom. The van der Waals surface area contributed by atoms with Gasteiger partial charge < -0.3 is 24.2 Å². The number of nitrogens with zero attached hydrogens (tertiary/aromatic N) is 5. The molecule has 10 nitrogen and oxygen atoms in total. The van der Waals surface area contributed by atoms with Crippen molar-refractivity contribution in [1.29, 1.82) is 0 Å². The van der Waals surface area contributed by atoms with Crippen LogP contribution in [0.4, 0.5) is 19.3 Å². The number of piperazine rings is 1. The maximum atomic E-state index is 14.5. The number of pyridine rings is 1. The molecule has 0 bridgehead atoms. The number of fused-ring (bicyclic) bond motifs is 1. The van der Waals surface area contributed by atoms with Crippen LogP contribution in [-0.2, 0) is 30.9 Å². The van der Waals surface area contributed by atoms with E-state index in [9.17, 15) is 23.2 Å². The van der Waals surface area contributed by atoms with Crippen molar-refractivity contribution in [1.82, 2.24) is 19.7 Å². The molecule has 3 aliphatic rings. The molecule has 1 aromatic carbocycles. The molecule has 3 aliphatic heterocycles. The van der Waals surface area contributed by atoms with Crippen molar-refractivity contribution in [3.05, 3.63) is 58.9 Å². The Kier molecular flexibility index (Phi) is 9.94. The van der Waals surface area contributed by atoms with E-state index in [1.165, 1.54) is 12.1 Å². The quantitative estimate of drug-likeness (QED) is 0.433. The van der Waals surface area contributed by atoms with Crippen molar-refractivity contribution in [3.63, 3.8) is 0 Å². The Bertz CT molecular complexity index is 1510. The molecule has 2 saturated heterocycles. The molecule has 12 heteroatoms. The predicted molar refractivity (Wildman–Crippen MR) is 173 cm³/mol. The fraction of sp³-hybridized carbons (Fsp3) is 0.600. The molecule has 0 saturated carbocycles. The lowest BCUT2D eigenvalue weighted by atomic mass is 9.88. The van der Waals surface area contributed by atoms with Crippen LogP contribution in [0.15, 0.2) is 30.5 Å². The molecule has 4 heterocycles. The summed E-state index contributed by atoms with van der Waals surface area (Å²) in [4.78, 5) is 52.2. The number of anilines is 1. The van der Waals surface area contributed by atoms with Gasteiger partial charge in [-0.3, -0.25) is 19.5 Å². The van der Waals surface area contributed by atoms with Crippen LogP contribution >= 0.6 is 0 Å². The first-order chi connectivity index (χ1) is 22.0. The Labute approximate surface area is 276 Å². The largest absolute Gasteiger partial charge is 0.444 e. The molecule has 2 fully saturated rings. The summed E-state index contributed by atoms with van der Waals surface area (Å²) in [5.74, 6) is -1.52. The van der Waals surface area contributed by atoms with Crippen molar-refractivity contribution in [2.24, 2.45) is 0 Å². The molecule has 3 amide bonds. The summed E-state index contributed by atoms with van der Waals surface area (Å²) in [6, 6.07) is 4.76. The van der Waals surface area contributed by atoms with Gasteiger partial charge in [-0.2, -0.15) is 0 Å². The van der Waals surface area contributed by atoms with Crippen LogP contribution in [0.5, 0.6) is 0 Å². The Morgan fingerprint density at radius 1 is 1.13 bits per heavy atom. The maximum absolute atomic E-state index is 14.5. The SMILES string of the molecule is CCC1CN(C[C@H]2CN(C(=O)OC(C)(C)C)[C@H](C)CN2CC(=O)N2CC(C)(C)c3cnc(Cc4ccc(F)cc4F)cc32)C(=O)CO1. The molecular weight excluding hydrogens is 608 g/mol.